The number of amides is 1. The number of halogens is 1. The van der Waals surface area contributed by atoms with Gasteiger partial charge in [0.2, 0.25) is 0 Å². The van der Waals surface area contributed by atoms with E-state index in [9.17, 15) is 4.79 Å². The maximum atomic E-state index is 11.9. The van der Waals surface area contributed by atoms with Crippen LogP contribution in [-0.2, 0) is 0 Å². The molecule has 94 valence electrons. The van der Waals surface area contributed by atoms with Crippen LogP contribution in [0.3, 0.4) is 0 Å². The Morgan fingerprint density at radius 2 is 2.06 bits per heavy atom. The van der Waals surface area contributed by atoms with E-state index in [0.717, 1.165) is 13.0 Å². The fourth-order valence-corrected chi connectivity index (χ4v) is 1.90. The Balaban J connectivity index is 0.00000144. The molecule has 1 saturated carbocycles. The lowest BCUT2D eigenvalue weighted by Crippen LogP contribution is -2.30. The Morgan fingerprint density at radius 1 is 1.41 bits per heavy atom. The molecular formula is C13H19ClN2O. The number of rotatable bonds is 4. The first-order valence-electron chi connectivity index (χ1n) is 5.80. The third kappa shape index (κ3) is 3.13. The van der Waals surface area contributed by atoms with E-state index in [1.807, 2.05) is 12.1 Å². The van der Waals surface area contributed by atoms with Crippen LogP contribution in [0.5, 0.6) is 0 Å². The van der Waals surface area contributed by atoms with Gasteiger partial charge >= 0.3 is 0 Å². The number of benzene rings is 1. The molecule has 1 aliphatic carbocycles. The fourth-order valence-electron chi connectivity index (χ4n) is 1.90. The van der Waals surface area contributed by atoms with E-state index in [-0.39, 0.29) is 18.3 Å². The number of nitrogen functional groups attached to an aromatic ring is 1. The molecule has 0 radical (unpaired) electrons. The van der Waals surface area contributed by atoms with Crippen molar-refractivity contribution in [1.29, 1.82) is 0 Å². The van der Waals surface area contributed by atoms with Gasteiger partial charge in [-0.05, 0) is 36.8 Å². The first-order valence-corrected chi connectivity index (χ1v) is 5.80. The van der Waals surface area contributed by atoms with Gasteiger partial charge in [-0.1, -0.05) is 19.1 Å². The summed E-state index contributed by atoms with van der Waals surface area (Å²) >= 11 is 0. The van der Waals surface area contributed by atoms with Crippen LogP contribution in [0.1, 0.15) is 36.5 Å². The van der Waals surface area contributed by atoms with Crippen molar-refractivity contribution in [3.8, 4) is 0 Å². The molecule has 0 bridgehead atoms. The monoisotopic (exact) mass is 254 g/mol. The van der Waals surface area contributed by atoms with Crippen molar-refractivity contribution in [3.63, 3.8) is 0 Å². The van der Waals surface area contributed by atoms with Crippen LogP contribution in [0.15, 0.2) is 24.3 Å². The molecule has 3 nitrogen and oxygen atoms in total. The zero-order chi connectivity index (χ0) is 11.6. The minimum atomic E-state index is -0.0576. The van der Waals surface area contributed by atoms with E-state index >= 15 is 0 Å². The number of carbonyl (C=O) groups is 1. The highest BCUT2D eigenvalue weighted by Gasteiger charge is 2.40. The molecule has 1 aromatic carbocycles. The summed E-state index contributed by atoms with van der Waals surface area (Å²) in [5.74, 6) is -0.0576. The van der Waals surface area contributed by atoms with Gasteiger partial charge in [0.25, 0.3) is 5.91 Å². The van der Waals surface area contributed by atoms with E-state index in [2.05, 4.69) is 12.2 Å². The van der Waals surface area contributed by atoms with Gasteiger partial charge in [0.05, 0.1) is 5.56 Å². The zero-order valence-electron chi connectivity index (χ0n) is 10.0. The molecule has 4 heteroatoms. The summed E-state index contributed by atoms with van der Waals surface area (Å²) in [7, 11) is 0. The molecule has 0 atom stereocenters. The van der Waals surface area contributed by atoms with Gasteiger partial charge in [-0.2, -0.15) is 0 Å². The SMILES string of the molecule is CCC1(CNC(=O)c2ccccc2N)CC1.Cl. The molecule has 2 rings (SSSR count). The molecule has 1 fully saturated rings. The average Bonchev–Trinajstić information content (AvgIpc) is 3.07. The van der Waals surface area contributed by atoms with Crippen LogP contribution in [0, 0.1) is 5.41 Å². The standard InChI is InChI=1S/C13H18N2O.ClH/c1-2-13(7-8-13)9-15-12(16)10-5-3-4-6-11(10)14;/h3-6H,2,7-9,14H2,1H3,(H,15,16);1H. The third-order valence-corrected chi connectivity index (χ3v) is 3.54. The zero-order valence-corrected chi connectivity index (χ0v) is 10.8. The van der Waals surface area contributed by atoms with E-state index in [1.165, 1.54) is 12.8 Å². The van der Waals surface area contributed by atoms with Crippen molar-refractivity contribution >= 4 is 24.0 Å². The summed E-state index contributed by atoms with van der Waals surface area (Å²) < 4.78 is 0. The molecule has 0 spiro atoms. The molecule has 17 heavy (non-hydrogen) atoms. The van der Waals surface area contributed by atoms with Gasteiger partial charge in [-0.25, -0.2) is 0 Å². The number of hydrogen-bond acceptors (Lipinski definition) is 2. The van der Waals surface area contributed by atoms with Gasteiger partial charge in [0, 0.05) is 12.2 Å². The Morgan fingerprint density at radius 3 is 2.59 bits per heavy atom. The van der Waals surface area contributed by atoms with Gasteiger partial charge < -0.3 is 11.1 Å². The van der Waals surface area contributed by atoms with Gasteiger partial charge in [0.15, 0.2) is 0 Å². The topological polar surface area (TPSA) is 55.1 Å². The molecule has 0 heterocycles. The lowest BCUT2D eigenvalue weighted by Gasteiger charge is -2.14. The van der Waals surface area contributed by atoms with Crippen molar-refractivity contribution in [2.24, 2.45) is 5.41 Å². The summed E-state index contributed by atoms with van der Waals surface area (Å²) in [5, 5.41) is 2.97. The molecule has 0 aromatic heterocycles. The van der Waals surface area contributed by atoms with Crippen LogP contribution in [0.2, 0.25) is 0 Å². The number of nitrogens with one attached hydrogen (secondary N) is 1. The number of nitrogens with two attached hydrogens (primary N) is 1. The molecule has 0 saturated heterocycles. The maximum absolute atomic E-state index is 11.9. The predicted octanol–water partition coefficient (Wildman–Crippen LogP) is 2.61. The summed E-state index contributed by atoms with van der Waals surface area (Å²) in [5.41, 5.74) is 7.24. The quantitative estimate of drug-likeness (QED) is 0.812. The van der Waals surface area contributed by atoms with Crippen LogP contribution in [0.25, 0.3) is 0 Å². The van der Waals surface area contributed by atoms with Gasteiger partial charge in [-0.15, -0.1) is 12.4 Å². The molecule has 0 unspecified atom stereocenters. The predicted molar refractivity (Wildman–Crippen MR) is 72.4 cm³/mol. The van der Waals surface area contributed by atoms with Crippen molar-refractivity contribution in [1.82, 2.24) is 5.32 Å². The molecule has 0 aliphatic heterocycles. The highest BCUT2D eigenvalue weighted by molar-refractivity contribution is 5.99. The lowest BCUT2D eigenvalue weighted by molar-refractivity contribution is 0.0945. The largest absolute Gasteiger partial charge is 0.398 e. The van der Waals surface area contributed by atoms with Crippen LogP contribution >= 0.6 is 12.4 Å². The highest BCUT2D eigenvalue weighted by atomic mass is 35.5. The highest BCUT2D eigenvalue weighted by Crippen LogP contribution is 2.47. The molecule has 3 N–H and O–H groups in total. The van der Waals surface area contributed by atoms with E-state index in [1.54, 1.807) is 12.1 Å². The second-order valence-corrected chi connectivity index (χ2v) is 4.62. The second-order valence-electron chi connectivity index (χ2n) is 4.62. The fraction of sp³-hybridized carbons (Fsp3) is 0.462. The first kappa shape index (κ1) is 13.8. The first-order chi connectivity index (χ1) is 7.67. The van der Waals surface area contributed by atoms with E-state index in [0.29, 0.717) is 16.7 Å². The minimum absolute atomic E-state index is 0. The lowest BCUT2D eigenvalue weighted by atomic mass is 10.0. The molecular weight excluding hydrogens is 236 g/mol. The number of carbonyl (C=O) groups excluding carboxylic acids is 1. The number of hydrogen-bond donors (Lipinski definition) is 2. The van der Waals surface area contributed by atoms with Gasteiger partial charge in [-0.3, -0.25) is 4.79 Å². The Kier molecular flexibility index (Phi) is 4.40. The number of anilines is 1. The Labute approximate surface area is 108 Å². The average molecular weight is 255 g/mol. The summed E-state index contributed by atoms with van der Waals surface area (Å²) in [4.78, 5) is 11.9. The summed E-state index contributed by atoms with van der Waals surface area (Å²) in [6.45, 7) is 2.95. The molecule has 1 amide bonds. The Hall–Kier alpha value is -1.22. The van der Waals surface area contributed by atoms with Crippen molar-refractivity contribution in [2.75, 3.05) is 12.3 Å². The Bertz CT molecular complexity index is 402. The van der Waals surface area contributed by atoms with Crippen molar-refractivity contribution in [3.05, 3.63) is 29.8 Å². The summed E-state index contributed by atoms with van der Waals surface area (Å²) in [6, 6.07) is 7.18. The second kappa shape index (κ2) is 5.41. The molecule has 1 aromatic rings. The number of para-hydroxylation sites is 1. The molecule has 1 aliphatic rings. The van der Waals surface area contributed by atoms with E-state index in [4.69, 9.17) is 5.73 Å². The van der Waals surface area contributed by atoms with Crippen molar-refractivity contribution in [2.45, 2.75) is 26.2 Å². The minimum Gasteiger partial charge on any atom is -0.398 e. The van der Waals surface area contributed by atoms with E-state index < -0.39 is 0 Å². The van der Waals surface area contributed by atoms with Gasteiger partial charge in [0.1, 0.15) is 0 Å². The van der Waals surface area contributed by atoms with Crippen LogP contribution in [-0.4, -0.2) is 12.5 Å². The normalized spacial score (nSPS) is 15.8. The summed E-state index contributed by atoms with van der Waals surface area (Å²) in [6.07, 6.45) is 3.60. The third-order valence-electron chi connectivity index (χ3n) is 3.54. The van der Waals surface area contributed by atoms with Crippen molar-refractivity contribution < 1.29 is 4.79 Å². The van der Waals surface area contributed by atoms with Crippen LogP contribution in [0.4, 0.5) is 5.69 Å². The van der Waals surface area contributed by atoms with Crippen LogP contribution < -0.4 is 11.1 Å². The maximum Gasteiger partial charge on any atom is 0.253 e. The smallest absolute Gasteiger partial charge is 0.253 e.